The van der Waals surface area contributed by atoms with Crippen molar-refractivity contribution in [1.29, 1.82) is 0 Å². The van der Waals surface area contributed by atoms with Gasteiger partial charge >= 0.3 is 6.18 Å². The first-order valence-electron chi connectivity index (χ1n) is 4.77. The van der Waals surface area contributed by atoms with E-state index in [0.717, 1.165) is 12.1 Å². The number of methoxy groups -OCH3 is 1. The number of H-pyrrole nitrogens is 1. The van der Waals surface area contributed by atoms with E-state index >= 15 is 0 Å². The molecule has 1 N–H and O–H groups in total. The Labute approximate surface area is 95.2 Å². The quantitative estimate of drug-likeness (QED) is 0.878. The van der Waals surface area contributed by atoms with Crippen molar-refractivity contribution in [2.24, 2.45) is 0 Å². The number of aromatic nitrogens is 2. The molecule has 0 unspecified atom stereocenters. The van der Waals surface area contributed by atoms with Crippen LogP contribution in [0.1, 0.15) is 5.56 Å². The molecule has 0 spiro atoms. The van der Waals surface area contributed by atoms with Crippen molar-refractivity contribution in [2.45, 2.75) is 6.18 Å². The fourth-order valence-electron chi connectivity index (χ4n) is 1.51. The third-order valence-electron chi connectivity index (χ3n) is 2.34. The number of aromatic amines is 1. The zero-order valence-corrected chi connectivity index (χ0v) is 8.88. The van der Waals surface area contributed by atoms with Gasteiger partial charge in [-0.2, -0.15) is 18.3 Å². The summed E-state index contributed by atoms with van der Waals surface area (Å²) in [7, 11) is 1.41. The first kappa shape index (κ1) is 11.5. The molecule has 17 heavy (non-hydrogen) atoms. The minimum absolute atomic E-state index is 0.357. The Morgan fingerprint density at radius 1 is 1.29 bits per heavy atom. The Morgan fingerprint density at radius 3 is 2.59 bits per heavy atom. The van der Waals surface area contributed by atoms with Crippen LogP contribution in [0.4, 0.5) is 13.2 Å². The predicted molar refractivity (Wildman–Crippen MR) is 55.6 cm³/mol. The summed E-state index contributed by atoms with van der Waals surface area (Å²) >= 11 is 0. The maximum absolute atomic E-state index is 12.6. The molecule has 0 aliphatic rings. The molecule has 0 bridgehead atoms. The van der Waals surface area contributed by atoms with Crippen molar-refractivity contribution < 1.29 is 17.9 Å². The molecular formula is C11H9F3N2O. The van der Waals surface area contributed by atoms with Crippen LogP contribution in [0.25, 0.3) is 11.1 Å². The number of rotatable bonds is 2. The van der Waals surface area contributed by atoms with E-state index in [2.05, 4.69) is 10.2 Å². The maximum Gasteiger partial charge on any atom is 0.416 e. The number of hydrogen-bond donors (Lipinski definition) is 1. The van der Waals surface area contributed by atoms with Gasteiger partial charge in [0, 0.05) is 17.3 Å². The van der Waals surface area contributed by atoms with Gasteiger partial charge in [0.1, 0.15) is 5.75 Å². The molecule has 0 atom stereocenters. The number of ether oxygens (including phenoxy) is 1. The molecule has 0 aliphatic carbocycles. The second-order valence-corrected chi connectivity index (χ2v) is 3.40. The van der Waals surface area contributed by atoms with Gasteiger partial charge in [0.15, 0.2) is 0 Å². The second-order valence-electron chi connectivity index (χ2n) is 3.40. The minimum atomic E-state index is -4.37. The van der Waals surface area contributed by atoms with Gasteiger partial charge in [0.2, 0.25) is 0 Å². The van der Waals surface area contributed by atoms with E-state index < -0.39 is 11.7 Å². The van der Waals surface area contributed by atoms with E-state index in [1.54, 1.807) is 0 Å². The number of benzene rings is 1. The predicted octanol–water partition coefficient (Wildman–Crippen LogP) is 3.10. The van der Waals surface area contributed by atoms with Gasteiger partial charge in [-0.25, -0.2) is 0 Å². The van der Waals surface area contributed by atoms with Crippen LogP contribution in [0.5, 0.6) is 5.75 Å². The van der Waals surface area contributed by atoms with Gasteiger partial charge in [-0.15, -0.1) is 0 Å². The van der Waals surface area contributed by atoms with Crippen molar-refractivity contribution in [3.63, 3.8) is 0 Å². The van der Waals surface area contributed by atoms with Crippen LogP contribution in [0.15, 0.2) is 30.6 Å². The van der Waals surface area contributed by atoms with Gasteiger partial charge in [-0.1, -0.05) is 0 Å². The smallest absolute Gasteiger partial charge is 0.416 e. The van der Waals surface area contributed by atoms with E-state index in [4.69, 9.17) is 4.74 Å². The van der Waals surface area contributed by atoms with E-state index in [1.165, 1.54) is 25.6 Å². The molecule has 1 aromatic heterocycles. The number of halogens is 3. The molecule has 0 fully saturated rings. The van der Waals surface area contributed by atoms with E-state index in [1.807, 2.05) is 0 Å². The SMILES string of the molecule is COc1ccc(C(F)(F)F)cc1-c1cn[nH]c1. The lowest BCUT2D eigenvalue weighted by atomic mass is 10.0. The van der Waals surface area contributed by atoms with Crippen molar-refractivity contribution in [3.05, 3.63) is 36.2 Å². The summed E-state index contributed by atoms with van der Waals surface area (Å²) in [5.41, 5.74) is 0.193. The van der Waals surface area contributed by atoms with E-state index in [-0.39, 0.29) is 0 Å². The lowest BCUT2D eigenvalue weighted by molar-refractivity contribution is -0.137. The molecule has 0 saturated heterocycles. The molecule has 2 aromatic rings. The molecule has 90 valence electrons. The summed E-state index contributed by atoms with van der Waals surface area (Å²) in [6.45, 7) is 0. The molecular weight excluding hydrogens is 233 g/mol. The van der Waals surface area contributed by atoms with Gasteiger partial charge < -0.3 is 4.74 Å². The van der Waals surface area contributed by atoms with Crippen molar-refractivity contribution in [1.82, 2.24) is 10.2 Å². The number of nitrogens with zero attached hydrogens (tertiary/aromatic N) is 1. The Morgan fingerprint density at radius 2 is 2.06 bits per heavy atom. The fraction of sp³-hybridized carbons (Fsp3) is 0.182. The van der Waals surface area contributed by atoms with Crippen LogP contribution in [0, 0.1) is 0 Å². The normalized spacial score (nSPS) is 11.5. The summed E-state index contributed by atoms with van der Waals surface area (Å²) in [5.74, 6) is 0.374. The summed E-state index contributed by atoms with van der Waals surface area (Å²) in [5, 5.41) is 6.25. The van der Waals surface area contributed by atoms with Gasteiger partial charge in [0.25, 0.3) is 0 Å². The van der Waals surface area contributed by atoms with Crippen LogP contribution in [-0.2, 0) is 6.18 Å². The number of nitrogens with one attached hydrogen (secondary N) is 1. The highest BCUT2D eigenvalue weighted by Gasteiger charge is 2.31. The van der Waals surface area contributed by atoms with Gasteiger partial charge in [-0.3, -0.25) is 5.10 Å². The van der Waals surface area contributed by atoms with Crippen LogP contribution in [-0.4, -0.2) is 17.3 Å². The highest BCUT2D eigenvalue weighted by atomic mass is 19.4. The summed E-state index contributed by atoms with van der Waals surface area (Å²) in [6.07, 6.45) is -1.42. The Bertz CT molecular complexity index is 506. The van der Waals surface area contributed by atoms with Gasteiger partial charge in [0.05, 0.1) is 18.9 Å². The Balaban J connectivity index is 2.55. The Hall–Kier alpha value is -1.98. The van der Waals surface area contributed by atoms with Gasteiger partial charge in [-0.05, 0) is 18.2 Å². The molecule has 1 heterocycles. The first-order valence-corrected chi connectivity index (χ1v) is 4.77. The topological polar surface area (TPSA) is 37.9 Å². The molecule has 6 heteroatoms. The maximum atomic E-state index is 12.6. The fourth-order valence-corrected chi connectivity index (χ4v) is 1.51. The molecule has 1 aromatic carbocycles. The second kappa shape index (κ2) is 4.12. The zero-order valence-electron chi connectivity index (χ0n) is 8.88. The third kappa shape index (κ3) is 2.25. The monoisotopic (exact) mass is 242 g/mol. The highest BCUT2D eigenvalue weighted by molar-refractivity contribution is 5.70. The van der Waals surface area contributed by atoms with E-state index in [0.29, 0.717) is 16.9 Å². The van der Waals surface area contributed by atoms with Crippen LogP contribution >= 0.6 is 0 Å². The molecule has 0 amide bonds. The van der Waals surface area contributed by atoms with Crippen molar-refractivity contribution in [3.8, 4) is 16.9 Å². The van der Waals surface area contributed by atoms with E-state index in [9.17, 15) is 13.2 Å². The number of alkyl halides is 3. The van der Waals surface area contributed by atoms with Crippen LogP contribution < -0.4 is 4.74 Å². The lowest BCUT2D eigenvalue weighted by Gasteiger charge is -2.11. The molecule has 0 aliphatic heterocycles. The average Bonchev–Trinajstić information content (AvgIpc) is 2.80. The standard InChI is InChI=1S/C11H9F3N2O/c1-17-10-3-2-8(11(12,13)14)4-9(10)7-5-15-16-6-7/h2-6H,1H3,(H,15,16). The van der Waals surface area contributed by atoms with Crippen molar-refractivity contribution in [2.75, 3.05) is 7.11 Å². The zero-order chi connectivity index (χ0) is 12.5. The molecule has 3 nitrogen and oxygen atoms in total. The highest BCUT2D eigenvalue weighted by Crippen LogP contribution is 2.36. The summed E-state index contributed by atoms with van der Waals surface area (Å²) < 4.78 is 42.8. The van der Waals surface area contributed by atoms with Crippen LogP contribution in [0.2, 0.25) is 0 Å². The third-order valence-corrected chi connectivity index (χ3v) is 2.34. The summed E-state index contributed by atoms with van der Waals surface area (Å²) in [6, 6.07) is 3.33. The largest absolute Gasteiger partial charge is 0.496 e. The average molecular weight is 242 g/mol. The minimum Gasteiger partial charge on any atom is -0.496 e. The van der Waals surface area contributed by atoms with Crippen LogP contribution in [0.3, 0.4) is 0 Å². The first-order chi connectivity index (χ1) is 8.02. The molecule has 2 rings (SSSR count). The number of hydrogen-bond acceptors (Lipinski definition) is 2. The lowest BCUT2D eigenvalue weighted by Crippen LogP contribution is -2.05. The summed E-state index contributed by atoms with van der Waals surface area (Å²) in [4.78, 5) is 0. The Kier molecular flexibility index (Phi) is 2.79. The van der Waals surface area contributed by atoms with Crippen molar-refractivity contribution >= 4 is 0 Å². The molecule has 0 radical (unpaired) electrons. The molecule has 0 saturated carbocycles.